The van der Waals surface area contributed by atoms with Crippen molar-refractivity contribution in [3.8, 4) is 11.5 Å². The molecule has 0 aliphatic heterocycles. The van der Waals surface area contributed by atoms with Crippen LogP contribution in [0.1, 0.15) is 81.5 Å². The average Bonchev–Trinajstić information content (AvgIpc) is 4.04. The van der Waals surface area contributed by atoms with Gasteiger partial charge in [-0.15, -0.1) is 15.3 Å². The number of hydrogen-bond donors (Lipinski definition) is 11. The lowest BCUT2D eigenvalue weighted by Crippen LogP contribution is -2.51. The number of phenols is 2. The van der Waals surface area contributed by atoms with E-state index in [0.717, 1.165) is 0 Å². The number of carboxylic acid groups (broad SMARTS) is 2. The van der Waals surface area contributed by atoms with Crippen LogP contribution in [0, 0.1) is 0 Å². The maximum atomic E-state index is 13.4. The van der Waals surface area contributed by atoms with Gasteiger partial charge in [-0.2, -0.15) is 0 Å². The molecule has 3 atom stereocenters. The Morgan fingerprint density at radius 1 is 0.714 bits per heavy atom. The molecule has 0 radical (unpaired) electrons. The van der Waals surface area contributed by atoms with Gasteiger partial charge in [0.15, 0.2) is 5.81 Å². The molecule has 77 heavy (non-hydrogen) atoms. The number of nitrogens with two attached hydrogens (primary N) is 1. The van der Waals surface area contributed by atoms with E-state index in [2.05, 4.69) is 52.4 Å². The lowest BCUT2D eigenvalue weighted by molar-refractivity contribution is -0.145. The second-order valence-corrected chi connectivity index (χ2v) is 20.4. The predicted molar refractivity (Wildman–Crippen MR) is 276 cm³/mol. The summed E-state index contributed by atoms with van der Waals surface area (Å²) in [6.45, 7) is 3.24. The zero-order valence-electron chi connectivity index (χ0n) is 42.3. The zero-order chi connectivity index (χ0) is 56.5. The van der Waals surface area contributed by atoms with E-state index >= 15 is 0 Å². The average molecular weight is 1120 g/mol. The first-order chi connectivity index (χ1) is 36.5. The second-order valence-electron chi connectivity index (χ2n) is 17.7. The molecule has 0 saturated carbocycles. The van der Waals surface area contributed by atoms with Gasteiger partial charge in [-0.1, -0.05) is 47.7 Å². The van der Waals surface area contributed by atoms with Crippen LogP contribution in [-0.2, 0) is 71.4 Å². The molecule has 31 heteroatoms. The number of ether oxygens (including phenoxy) is 2. The Morgan fingerprint density at radius 2 is 1.26 bits per heavy atom. The SMILES string of the molecule is BC(=O)NCCOCCOCCNC(=O)[C@H](CCCCn1cc(CCCC(=O)Nc2nnc(S(N)(=O)=O)s2)nn1)NC(=O)C[C@H](NC(=O)C[C@H](NC(=O)CCC(C)(c1ccc(O)cc1)c1ccc(O)cc1)C(=O)O)C(=O)O. The summed E-state index contributed by atoms with van der Waals surface area (Å²) in [4.78, 5) is 101. The molecule has 4 rings (SSSR count). The fourth-order valence-electron chi connectivity index (χ4n) is 7.45. The molecular weight excluding hydrogens is 1050 g/mol. The van der Waals surface area contributed by atoms with E-state index in [4.69, 9.17) is 14.6 Å². The summed E-state index contributed by atoms with van der Waals surface area (Å²) in [6.07, 6.45) is 1.42. The highest BCUT2D eigenvalue weighted by atomic mass is 32.2. The van der Waals surface area contributed by atoms with Crippen molar-refractivity contribution in [1.82, 2.24) is 51.8 Å². The topological polar surface area (TPSA) is 425 Å². The largest absolute Gasteiger partial charge is 0.508 e. The smallest absolute Gasteiger partial charge is 0.326 e. The molecule has 4 aromatic rings. The molecule has 6 amide bonds. The van der Waals surface area contributed by atoms with Gasteiger partial charge in [0.2, 0.25) is 46.9 Å². The zero-order valence-corrected chi connectivity index (χ0v) is 43.9. The normalized spacial score (nSPS) is 12.6. The van der Waals surface area contributed by atoms with Crippen LogP contribution in [0.3, 0.4) is 0 Å². The monoisotopic (exact) mass is 1110 g/mol. The molecule has 28 nitrogen and oxygen atoms in total. The molecule has 2 aromatic heterocycles. The maximum Gasteiger partial charge on any atom is 0.326 e. The summed E-state index contributed by atoms with van der Waals surface area (Å²) in [5.74, 6) is -7.27. The van der Waals surface area contributed by atoms with Crippen LogP contribution in [0.15, 0.2) is 59.1 Å². The molecule has 0 fully saturated rings. The molecule has 418 valence electrons. The number of rotatable bonds is 35. The minimum Gasteiger partial charge on any atom is -0.508 e. The van der Waals surface area contributed by atoms with E-state index in [1.807, 2.05) is 6.92 Å². The Bertz CT molecular complexity index is 2700. The Hall–Kier alpha value is -7.61. The van der Waals surface area contributed by atoms with Crippen molar-refractivity contribution in [1.29, 1.82) is 0 Å². The molecule has 12 N–H and O–H groups in total. The van der Waals surface area contributed by atoms with Gasteiger partial charge in [-0.05, 0) is 73.9 Å². The molecule has 2 aromatic carbocycles. The number of aryl methyl sites for hydroxylation is 2. The van der Waals surface area contributed by atoms with Gasteiger partial charge in [0, 0.05) is 44.1 Å². The van der Waals surface area contributed by atoms with Crippen LogP contribution in [0.2, 0.25) is 0 Å². The Labute approximate surface area is 447 Å². The Morgan fingerprint density at radius 3 is 1.79 bits per heavy atom. The quantitative estimate of drug-likeness (QED) is 0.0150. The van der Waals surface area contributed by atoms with E-state index in [9.17, 15) is 67.2 Å². The summed E-state index contributed by atoms with van der Waals surface area (Å²) in [5.41, 5.74) is 1.12. The number of carbonyl (C=O) groups is 8. The molecule has 0 spiro atoms. The third-order valence-electron chi connectivity index (χ3n) is 11.5. The number of amides is 6. The van der Waals surface area contributed by atoms with Gasteiger partial charge in [-0.3, -0.25) is 33.4 Å². The van der Waals surface area contributed by atoms with Gasteiger partial charge in [0.1, 0.15) is 29.6 Å². The highest BCUT2D eigenvalue weighted by molar-refractivity contribution is 7.91. The number of unbranched alkanes of at least 4 members (excludes halogenated alkanes) is 1. The van der Waals surface area contributed by atoms with Gasteiger partial charge < -0.3 is 61.8 Å². The van der Waals surface area contributed by atoms with Crippen molar-refractivity contribution in [2.75, 3.05) is 44.8 Å². The highest BCUT2D eigenvalue weighted by Crippen LogP contribution is 2.38. The van der Waals surface area contributed by atoms with Gasteiger partial charge in [-0.25, -0.2) is 23.1 Å². The number of aromatic hydroxyl groups is 2. The summed E-state index contributed by atoms with van der Waals surface area (Å²) < 4.78 is 34.8. The van der Waals surface area contributed by atoms with Crippen LogP contribution in [0.25, 0.3) is 0 Å². The number of benzene rings is 2. The maximum absolute atomic E-state index is 13.4. The fourth-order valence-corrected chi connectivity index (χ4v) is 8.80. The summed E-state index contributed by atoms with van der Waals surface area (Å²) in [5, 5.41) is 74.6. The minimum atomic E-state index is -4.06. The third-order valence-corrected chi connectivity index (χ3v) is 13.7. The third kappa shape index (κ3) is 22.3. The van der Waals surface area contributed by atoms with Crippen LogP contribution in [0.5, 0.6) is 11.5 Å². The lowest BCUT2D eigenvalue weighted by atomic mass is 9.73. The number of aliphatic carboxylic acids is 2. The fraction of sp³-hybridized carbons (Fsp3) is 0.478. The molecule has 2 heterocycles. The van der Waals surface area contributed by atoms with Crippen molar-refractivity contribution in [3.05, 3.63) is 71.5 Å². The van der Waals surface area contributed by atoms with Crippen molar-refractivity contribution in [2.24, 2.45) is 5.14 Å². The number of primary sulfonamides is 1. The number of carboxylic acids is 2. The Balaban J connectivity index is 1.30. The van der Waals surface area contributed by atoms with Crippen molar-refractivity contribution in [2.45, 2.75) is 106 Å². The van der Waals surface area contributed by atoms with Gasteiger partial charge in [0.25, 0.3) is 10.0 Å². The van der Waals surface area contributed by atoms with Crippen LogP contribution in [-0.4, -0.2) is 167 Å². The lowest BCUT2D eigenvalue weighted by Gasteiger charge is -2.31. The molecule has 0 unspecified atom stereocenters. The predicted octanol–water partition coefficient (Wildman–Crippen LogP) is -0.998. The first-order valence-corrected chi connectivity index (χ1v) is 26.5. The summed E-state index contributed by atoms with van der Waals surface area (Å²) >= 11 is 0.614. The van der Waals surface area contributed by atoms with E-state index < -0.39 is 92.2 Å². The number of aromatic nitrogens is 5. The molecular formula is C46H63BN12O16S2. The summed E-state index contributed by atoms with van der Waals surface area (Å²) in [7, 11) is -2.68. The van der Waals surface area contributed by atoms with Crippen LogP contribution in [0.4, 0.5) is 9.93 Å². The van der Waals surface area contributed by atoms with Crippen molar-refractivity contribution < 1.29 is 76.7 Å². The van der Waals surface area contributed by atoms with Gasteiger partial charge >= 0.3 is 11.9 Å². The highest BCUT2D eigenvalue weighted by Gasteiger charge is 2.33. The van der Waals surface area contributed by atoms with Crippen molar-refractivity contribution >= 4 is 81.6 Å². The van der Waals surface area contributed by atoms with Crippen LogP contribution < -0.4 is 37.0 Å². The van der Waals surface area contributed by atoms with Gasteiger partial charge in [0.05, 0.1) is 45.0 Å². The first-order valence-electron chi connectivity index (χ1n) is 24.2. The number of phenolic OH excluding ortho intramolecular Hbond substituents is 2. The first kappa shape index (κ1) is 61.9. The number of nitrogens with zero attached hydrogens (tertiary/aromatic N) is 5. The molecule has 0 aliphatic rings. The number of nitrogens with one attached hydrogen (secondary N) is 6. The van der Waals surface area contributed by atoms with Crippen LogP contribution >= 0.6 is 11.3 Å². The van der Waals surface area contributed by atoms with E-state index in [0.29, 0.717) is 66.9 Å². The molecule has 0 aliphatic carbocycles. The van der Waals surface area contributed by atoms with E-state index in [1.54, 1.807) is 35.1 Å². The summed E-state index contributed by atoms with van der Waals surface area (Å²) in [6, 6.07) is 7.68. The standard InChI is InChI=1S/C46H63BN12O16S2/c1-46(28-8-12-31(60)13-9-28,29-10-14-32(61)15-11-29)17-16-37(63)52-34(41(67)68)25-39(65)53-35(42(69)70)26-38(64)51-33(40(66)49-18-21-74-23-24-75-22-19-50-43(47)71)6-2-3-20-59-27-30(55-58-59)5-4-7-36(62)54-44-56-57-45(76-44)77(48,72)73/h8-15,27,33-35,60-61H,2-7,16-26,47H2,1H3,(H,49,66)(H,50,71)(H,51,64)(H,52,63)(H,53,65)(H,67,68)(H,69,70)(H2,48,72,73)(H,54,56,62)/t33-,34-,35-/m0/s1. The number of sulfonamides is 1. The number of carbonyl (C=O) groups excluding carboxylic acids is 6. The Kier molecular flexibility index (Phi) is 24.8. The second kappa shape index (κ2) is 30.8. The minimum absolute atomic E-state index is 0.0104. The number of anilines is 1. The van der Waals surface area contributed by atoms with E-state index in [1.165, 1.54) is 32.1 Å². The van der Waals surface area contributed by atoms with Crippen molar-refractivity contribution in [3.63, 3.8) is 0 Å². The van der Waals surface area contributed by atoms with E-state index in [-0.39, 0.29) is 81.1 Å². The number of hydrogen-bond acceptors (Lipinski definition) is 19. The molecule has 0 bridgehead atoms. The molecule has 0 saturated heterocycles.